The third-order valence-electron chi connectivity index (χ3n) is 3.56. The number of ether oxygens (including phenoxy) is 1. The minimum absolute atomic E-state index is 0.200. The fraction of sp³-hybridized carbons (Fsp3) is 0.769. The van der Waals surface area contributed by atoms with Gasteiger partial charge in [-0.2, -0.15) is 5.10 Å². The first-order valence-electron chi connectivity index (χ1n) is 6.64. The van der Waals surface area contributed by atoms with E-state index in [1.54, 1.807) is 0 Å². The molecule has 0 aliphatic heterocycles. The van der Waals surface area contributed by atoms with Crippen LogP contribution in [0.3, 0.4) is 0 Å². The summed E-state index contributed by atoms with van der Waals surface area (Å²) >= 11 is 3.62. The Morgan fingerprint density at radius 1 is 1.61 bits per heavy atom. The predicted molar refractivity (Wildman–Crippen MR) is 75.5 cm³/mol. The summed E-state index contributed by atoms with van der Waals surface area (Å²) in [5, 5.41) is 7.85. The van der Waals surface area contributed by atoms with Crippen LogP contribution in [0.1, 0.15) is 37.9 Å². The zero-order chi connectivity index (χ0) is 13.1. The topological polar surface area (TPSA) is 39.1 Å². The summed E-state index contributed by atoms with van der Waals surface area (Å²) in [6, 6.07) is 0.200. The molecule has 2 atom stereocenters. The van der Waals surface area contributed by atoms with Crippen molar-refractivity contribution in [1.82, 2.24) is 15.1 Å². The SMILES string of the molecule is CCCn1ncc(Br)c1C(NC)C(OC)C1CC1. The smallest absolute Gasteiger partial charge is 0.0809 e. The molecule has 1 N–H and O–H groups in total. The highest BCUT2D eigenvalue weighted by Gasteiger charge is 2.38. The minimum Gasteiger partial charge on any atom is -0.379 e. The number of aromatic nitrogens is 2. The van der Waals surface area contributed by atoms with E-state index in [0.29, 0.717) is 5.92 Å². The number of halogens is 1. The van der Waals surface area contributed by atoms with Crippen molar-refractivity contribution in [3.05, 3.63) is 16.4 Å². The van der Waals surface area contributed by atoms with Crippen LogP contribution in [0.4, 0.5) is 0 Å². The highest BCUT2D eigenvalue weighted by molar-refractivity contribution is 9.10. The highest BCUT2D eigenvalue weighted by Crippen LogP contribution is 2.41. The number of nitrogens with zero attached hydrogens (tertiary/aromatic N) is 2. The van der Waals surface area contributed by atoms with E-state index >= 15 is 0 Å². The van der Waals surface area contributed by atoms with Crippen LogP contribution in [0.5, 0.6) is 0 Å². The number of hydrogen-bond donors (Lipinski definition) is 1. The van der Waals surface area contributed by atoms with Crippen molar-refractivity contribution in [2.24, 2.45) is 5.92 Å². The quantitative estimate of drug-likeness (QED) is 0.841. The van der Waals surface area contributed by atoms with Crippen molar-refractivity contribution in [3.63, 3.8) is 0 Å². The molecular weight excluding hydrogens is 294 g/mol. The van der Waals surface area contributed by atoms with Crippen molar-refractivity contribution in [1.29, 1.82) is 0 Å². The molecule has 0 bridgehead atoms. The number of nitrogens with one attached hydrogen (secondary N) is 1. The number of hydrogen-bond acceptors (Lipinski definition) is 3. The van der Waals surface area contributed by atoms with Crippen molar-refractivity contribution in [2.75, 3.05) is 14.2 Å². The van der Waals surface area contributed by atoms with Crippen LogP contribution in [0, 0.1) is 5.92 Å². The second-order valence-electron chi connectivity index (χ2n) is 4.90. The fourth-order valence-electron chi connectivity index (χ4n) is 2.55. The summed E-state index contributed by atoms with van der Waals surface area (Å²) < 4.78 is 8.87. The van der Waals surface area contributed by atoms with E-state index in [4.69, 9.17) is 4.74 Å². The maximum atomic E-state index is 5.71. The highest BCUT2D eigenvalue weighted by atomic mass is 79.9. The maximum Gasteiger partial charge on any atom is 0.0809 e. The molecule has 2 unspecified atom stereocenters. The Morgan fingerprint density at radius 3 is 2.83 bits per heavy atom. The second kappa shape index (κ2) is 6.17. The van der Waals surface area contributed by atoms with Crippen LogP contribution < -0.4 is 5.32 Å². The molecule has 18 heavy (non-hydrogen) atoms. The van der Waals surface area contributed by atoms with Gasteiger partial charge in [-0.15, -0.1) is 0 Å². The molecule has 1 aliphatic rings. The van der Waals surface area contributed by atoms with Crippen LogP contribution >= 0.6 is 15.9 Å². The average Bonchev–Trinajstić information content (AvgIpc) is 3.14. The maximum absolute atomic E-state index is 5.71. The Labute approximate surface area is 117 Å². The minimum atomic E-state index is 0.200. The van der Waals surface area contributed by atoms with Crippen LogP contribution in [-0.2, 0) is 11.3 Å². The molecule has 0 radical (unpaired) electrons. The van der Waals surface area contributed by atoms with E-state index in [9.17, 15) is 0 Å². The van der Waals surface area contributed by atoms with Gasteiger partial charge in [0.25, 0.3) is 0 Å². The Kier molecular flexibility index (Phi) is 4.81. The van der Waals surface area contributed by atoms with Gasteiger partial charge in [-0.05, 0) is 48.2 Å². The van der Waals surface area contributed by atoms with E-state index < -0.39 is 0 Å². The molecule has 1 aromatic heterocycles. The van der Waals surface area contributed by atoms with Gasteiger partial charge < -0.3 is 10.1 Å². The van der Waals surface area contributed by atoms with Gasteiger partial charge in [0.05, 0.1) is 28.5 Å². The van der Waals surface area contributed by atoms with Crippen molar-refractivity contribution < 1.29 is 4.74 Å². The Hall–Kier alpha value is -0.390. The number of likely N-dealkylation sites (N-methyl/N-ethyl adjacent to an activating group) is 1. The van der Waals surface area contributed by atoms with Crippen LogP contribution in [0.25, 0.3) is 0 Å². The molecule has 2 rings (SSSR count). The molecule has 4 nitrogen and oxygen atoms in total. The molecule has 1 aromatic rings. The lowest BCUT2D eigenvalue weighted by atomic mass is 10.0. The number of methoxy groups -OCH3 is 1. The first kappa shape index (κ1) is 14.0. The predicted octanol–water partition coefficient (Wildman–Crippen LogP) is 2.74. The van der Waals surface area contributed by atoms with Crippen LogP contribution in [0.2, 0.25) is 0 Å². The lowest BCUT2D eigenvalue weighted by Crippen LogP contribution is -2.34. The summed E-state index contributed by atoms with van der Waals surface area (Å²) in [4.78, 5) is 0. The van der Waals surface area contributed by atoms with Crippen molar-refractivity contribution in [2.45, 2.75) is 44.9 Å². The van der Waals surface area contributed by atoms with E-state index in [1.807, 2.05) is 20.4 Å². The summed E-state index contributed by atoms with van der Waals surface area (Å²) in [7, 11) is 3.80. The van der Waals surface area contributed by atoms with Crippen LogP contribution in [0.15, 0.2) is 10.7 Å². The van der Waals surface area contributed by atoms with Gasteiger partial charge in [0.15, 0.2) is 0 Å². The molecule has 0 aromatic carbocycles. The number of rotatable bonds is 7. The largest absolute Gasteiger partial charge is 0.379 e. The van der Waals surface area contributed by atoms with Crippen LogP contribution in [-0.4, -0.2) is 30.0 Å². The molecule has 0 amide bonds. The van der Waals surface area contributed by atoms with Gasteiger partial charge in [-0.25, -0.2) is 0 Å². The molecular formula is C13H22BrN3O. The first-order chi connectivity index (χ1) is 8.72. The molecule has 1 fully saturated rings. The molecule has 0 spiro atoms. The van der Waals surface area contributed by atoms with Gasteiger partial charge in [-0.1, -0.05) is 6.92 Å². The van der Waals surface area contributed by atoms with E-state index in [2.05, 4.69) is 38.0 Å². The zero-order valence-electron chi connectivity index (χ0n) is 11.3. The molecule has 1 aliphatic carbocycles. The number of aryl methyl sites for hydroxylation is 1. The normalized spacial score (nSPS) is 18.9. The van der Waals surface area contributed by atoms with Gasteiger partial charge in [0.2, 0.25) is 0 Å². The standard InChI is InChI=1S/C13H22BrN3O/c1-4-7-17-12(10(14)8-16-17)11(15-2)13(18-3)9-5-6-9/h8-9,11,13,15H,4-7H2,1-3H3. The van der Waals surface area contributed by atoms with E-state index in [-0.39, 0.29) is 12.1 Å². The van der Waals surface area contributed by atoms with Gasteiger partial charge in [-0.3, -0.25) is 4.68 Å². The van der Waals surface area contributed by atoms with Gasteiger partial charge in [0.1, 0.15) is 0 Å². The molecule has 1 heterocycles. The van der Waals surface area contributed by atoms with E-state index in [0.717, 1.165) is 17.4 Å². The summed E-state index contributed by atoms with van der Waals surface area (Å²) in [6.07, 6.45) is 5.75. The lowest BCUT2D eigenvalue weighted by molar-refractivity contribution is 0.0501. The van der Waals surface area contributed by atoms with Gasteiger partial charge >= 0.3 is 0 Å². The molecule has 102 valence electrons. The monoisotopic (exact) mass is 315 g/mol. The second-order valence-corrected chi connectivity index (χ2v) is 5.76. The summed E-state index contributed by atoms with van der Waals surface area (Å²) in [5.74, 6) is 0.685. The lowest BCUT2D eigenvalue weighted by Gasteiger charge is -2.27. The fourth-order valence-corrected chi connectivity index (χ4v) is 3.10. The Morgan fingerprint density at radius 2 is 2.33 bits per heavy atom. The molecule has 1 saturated carbocycles. The summed E-state index contributed by atoms with van der Waals surface area (Å²) in [6.45, 7) is 3.11. The zero-order valence-corrected chi connectivity index (χ0v) is 12.9. The van der Waals surface area contributed by atoms with Gasteiger partial charge in [0, 0.05) is 13.7 Å². The molecule has 5 heteroatoms. The summed E-state index contributed by atoms with van der Waals surface area (Å²) in [5.41, 5.74) is 1.21. The Balaban J connectivity index is 2.27. The molecule has 0 saturated heterocycles. The third-order valence-corrected chi connectivity index (χ3v) is 4.17. The van der Waals surface area contributed by atoms with Crippen molar-refractivity contribution in [3.8, 4) is 0 Å². The first-order valence-corrected chi connectivity index (χ1v) is 7.43. The third kappa shape index (κ3) is 2.78. The Bertz CT molecular complexity index is 390. The van der Waals surface area contributed by atoms with E-state index in [1.165, 1.54) is 18.5 Å². The van der Waals surface area contributed by atoms with Crippen molar-refractivity contribution >= 4 is 15.9 Å². The average molecular weight is 316 g/mol.